The normalized spacial score (nSPS) is 20.3. The Morgan fingerprint density at radius 1 is 1.40 bits per heavy atom. The zero-order valence-electron chi connectivity index (χ0n) is 12.2. The van der Waals surface area contributed by atoms with Gasteiger partial charge in [-0.05, 0) is 50.8 Å². The van der Waals surface area contributed by atoms with E-state index in [1.165, 1.54) is 12.1 Å². The molecule has 20 heavy (non-hydrogen) atoms. The van der Waals surface area contributed by atoms with E-state index in [4.69, 9.17) is 4.74 Å². The number of benzene rings is 1. The first-order valence-electron chi connectivity index (χ1n) is 7.43. The number of hydrogen-bond donors (Lipinski definition) is 1. The van der Waals surface area contributed by atoms with Gasteiger partial charge in [-0.15, -0.1) is 0 Å². The Kier molecular flexibility index (Phi) is 5.49. The van der Waals surface area contributed by atoms with E-state index in [0.29, 0.717) is 12.0 Å². The van der Waals surface area contributed by atoms with E-state index in [0.717, 1.165) is 32.4 Å². The van der Waals surface area contributed by atoms with Gasteiger partial charge in [-0.3, -0.25) is 0 Å². The van der Waals surface area contributed by atoms with Crippen molar-refractivity contribution in [2.45, 2.75) is 51.7 Å². The predicted octanol–water partition coefficient (Wildman–Crippen LogP) is 3.88. The number of rotatable bonds is 6. The molecule has 112 valence electrons. The lowest BCUT2D eigenvalue weighted by molar-refractivity contribution is 0.0937. The molecular formula is C16H23F2NO. The maximum Gasteiger partial charge on any atom is 0.133 e. The molecule has 2 nitrogen and oxygen atoms in total. The fourth-order valence-electron chi connectivity index (χ4n) is 2.71. The summed E-state index contributed by atoms with van der Waals surface area (Å²) >= 11 is 0. The minimum absolute atomic E-state index is 0.101. The van der Waals surface area contributed by atoms with E-state index >= 15 is 0 Å². The van der Waals surface area contributed by atoms with Gasteiger partial charge in [-0.25, -0.2) is 8.78 Å². The molecule has 0 bridgehead atoms. The fraction of sp³-hybridized carbons (Fsp3) is 0.625. The van der Waals surface area contributed by atoms with Crippen LogP contribution >= 0.6 is 0 Å². The predicted molar refractivity (Wildman–Crippen MR) is 75.7 cm³/mol. The monoisotopic (exact) mass is 283 g/mol. The number of aryl methyl sites for hydroxylation is 1. The summed E-state index contributed by atoms with van der Waals surface area (Å²) in [6.45, 7) is 5.20. The number of ether oxygens (including phenoxy) is 1. The Morgan fingerprint density at radius 2 is 2.20 bits per heavy atom. The SMILES string of the molecule is CCCNC(CC1CCCO1)c1c(F)ccc(C)c1F. The second kappa shape index (κ2) is 7.14. The molecular weight excluding hydrogens is 260 g/mol. The molecule has 2 atom stereocenters. The van der Waals surface area contributed by atoms with Crippen molar-refractivity contribution in [3.05, 3.63) is 34.9 Å². The highest BCUT2D eigenvalue weighted by Crippen LogP contribution is 2.29. The van der Waals surface area contributed by atoms with E-state index in [1.54, 1.807) is 6.92 Å². The molecule has 0 amide bonds. The maximum absolute atomic E-state index is 14.3. The summed E-state index contributed by atoms with van der Waals surface area (Å²) in [6.07, 6.45) is 3.65. The third-order valence-electron chi connectivity index (χ3n) is 3.83. The number of halogens is 2. The molecule has 0 aromatic heterocycles. The van der Waals surface area contributed by atoms with Gasteiger partial charge in [0.25, 0.3) is 0 Å². The van der Waals surface area contributed by atoms with Crippen molar-refractivity contribution in [3.63, 3.8) is 0 Å². The van der Waals surface area contributed by atoms with Crippen LogP contribution in [0, 0.1) is 18.6 Å². The highest BCUT2D eigenvalue weighted by molar-refractivity contribution is 5.29. The molecule has 1 aromatic rings. The van der Waals surface area contributed by atoms with Crippen molar-refractivity contribution < 1.29 is 13.5 Å². The van der Waals surface area contributed by atoms with Gasteiger partial charge in [-0.2, -0.15) is 0 Å². The summed E-state index contributed by atoms with van der Waals surface area (Å²) in [6, 6.07) is 2.51. The summed E-state index contributed by atoms with van der Waals surface area (Å²) < 4.78 is 34.0. The molecule has 0 saturated carbocycles. The van der Waals surface area contributed by atoms with Crippen LogP contribution in [0.2, 0.25) is 0 Å². The van der Waals surface area contributed by atoms with Crippen LogP contribution in [0.3, 0.4) is 0 Å². The molecule has 1 saturated heterocycles. The van der Waals surface area contributed by atoms with E-state index in [1.807, 2.05) is 6.92 Å². The zero-order chi connectivity index (χ0) is 14.5. The molecule has 1 aromatic carbocycles. The smallest absolute Gasteiger partial charge is 0.133 e. The molecule has 0 aliphatic carbocycles. The Balaban J connectivity index is 2.22. The lowest BCUT2D eigenvalue weighted by Crippen LogP contribution is -2.28. The second-order valence-corrected chi connectivity index (χ2v) is 5.47. The van der Waals surface area contributed by atoms with Crippen LogP contribution in [0.4, 0.5) is 8.78 Å². The average Bonchev–Trinajstić information content (AvgIpc) is 2.93. The Bertz CT molecular complexity index is 444. The van der Waals surface area contributed by atoms with Crippen LogP contribution < -0.4 is 5.32 Å². The van der Waals surface area contributed by atoms with Crippen LogP contribution in [-0.2, 0) is 4.74 Å². The van der Waals surface area contributed by atoms with E-state index in [-0.39, 0.29) is 17.7 Å². The van der Waals surface area contributed by atoms with Gasteiger partial charge < -0.3 is 10.1 Å². The molecule has 1 aliphatic heterocycles. The molecule has 1 N–H and O–H groups in total. The van der Waals surface area contributed by atoms with Crippen molar-refractivity contribution in [1.82, 2.24) is 5.32 Å². The third-order valence-corrected chi connectivity index (χ3v) is 3.83. The van der Waals surface area contributed by atoms with Crippen LogP contribution in [-0.4, -0.2) is 19.3 Å². The van der Waals surface area contributed by atoms with Gasteiger partial charge in [0, 0.05) is 18.2 Å². The first-order chi connectivity index (χ1) is 9.63. The van der Waals surface area contributed by atoms with Crippen molar-refractivity contribution >= 4 is 0 Å². The number of hydrogen-bond acceptors (Lipinski definition) is 2. The highest BCUT2D eigenvalue weighted by atomic mass is 19.1. The zero-order valence-corrected chi connectivity index (χ0v) is 12.2. The largest absolute Gasteiger partial charge is 0.378 e. The molecule has 0 radical (unpaired) electrons. The highest BCUT2D eigenvalue weighted by Gasteiger charge is 2.26. The van der Waals surface area contributed by atoms with Gasteiger partial charge in [-0.1, -0.05) is 13.0 Å². The third kappa shape index (κ3) is 3.55. The molecule has 1 fully saturated rings. The Morgan fingerprint density at radius 3 is 2.85 bits per heavy atom. The topological polar surface area (TPSA) is 21.3 Å². The van der Waals surface area contributed by atoms with Crippen LogP contribution in [0.1, 0.15) is 49.8 Å². The summed E-state index contributed by atoms with van der Waals surface area (Å²) in [4.78, 5) is 0. The van der Waals surface area contributed by atoms with E-state index in [9.17, 15) is 8.78 Å². The van der Waals surface area contributed by atoms with E-state index in [2.05, 4.69) is 5.32 Å². The molecule has 0 spiro atoms. The lowest BCUT2D eigenvalue weighted by Gasteiger charge is -2.23. The van der Waals surface area contributed by atoms with Gasteiger partial charge in [0.15, 0.2) is 0 Å². The van der Waals surface area contributed by atoms with Gasteiger partial charge >= 0.3 is 0 Å². The van der Waals surface area contributed by atoms with Gasteiger partial charge in [0.1, 0.15) is 11.6 Å². The summed E-state index contributed by atoms with van der Waals surface area (Å²) in [5.41, 5.74) is 0.644. The summed E-state index contributed by atoms with van der Waals surface area (Å²) in [7, 11) is 0. The van der Waals surface area contributed by atoms with E-state index < -0.39 is 11.6 Å². The van der Waals surface area contributed by atoms with Crippen molar-refractivity contribution in [2.24, 2.45) is 0 Å². The molecule has 1 aliphatic rings. The standard InChI is InChI=1S/C16H23F2NO/c1-3-8-19-14(10-12-5-4-9-20-12)15-13(17)7-6-11(2)16(15)18/h6-7,12,14,19H,3-5,8-10H2,1-2H3. The summed E-state index contributed by atoms with van der Waals surface area (Å²) in [5, 5.41) is 3.26. The van der Waals surface area contributed by atoms with Crippen molar-refractivity contribution in [2.75, 3.05) is 13.2 Å². The molecule has 2 unspecified atom stereocenters. The maximum atomic E-state index is 14.3. The van der Waals surface area contributed by atoms with Gasteiger partial charge in [0.05, 0.1) is 6.10 Å². The lowest BCUT2D eigenvalue weighted by atomic mass is 9.96. The Labute approximate surface area is 119 Å². The average molecular weight is 283 g/mol. The Hall–Kier alpha value is -1.00. The minimum Gasteiger partial charge on any atom is -0.378 e. The van der Waals surface area contributed by atoms with Crippen LogP contribution in [0.5, 0.6) is 0 Å². The fourth-order valence-corrected chi connectivity index (χ4v) is 2.71. The second-order valence-electron chi connectivity index (χ2n) is 5.47. The van der Waals surface area contributed by atoms with Gasteiger partial charge in [0.2, 0.25) is 0 Å². The molecule has 2 rings (SSSR count). The van der Waals surface area contributed by atoms with Crippen LogP contribution in [0.25, 0.3) is 0 Å². The first-order valence-corrected chi connectivity index (χ1v) is 7.43. The van der Waals surface area contributed by atoms with Crippen LogP contribution in [0.15, 0.2) is 12.1 Å². The van der Waals surface area contributed by atoms with Crippen molar-refractivity contribution in [1.29, 1.82) is 0 Å². The molecule has 1 heterocycles. The number of nitrogens with one attached hydrogen (secondary N) is 1. The molecule has 4 heteroatoms. The first kappa shape index (κ1) is 15.4. The summed E-state index contributed by atoms with van der Waals surface area (Å²) in [5.74, 6) is -0.906. The van der Waals surface area contributed by atoms with Crippen molar-refractivity contribution in [3.8, 4) is 0 Å². The minimum atomic E-state index is -0.472. The quantitative estimate of drug-likeness (QED) is 0.855.